The van der Waals surface area contributed by atoms with Crippen LogP contribution in [0, 0.1) is 0 Å². The summed E-state index contributed by atoms with van der Waals surface area (Å²) in [5, 5.41) is 17.5. The number of anilines is 2. The zero-order valence-corrected chi connectivity index (χ0v) is 18.9. The first-order valence-corrected chi connectivity index (χ1v) is 11.6. The highest BCUT2D eigenvalue weighted by Gasteiger charge is 2.12. The summed E-state index contributed by atoms with van der Waals surface area (Å²) in [6.45, 7) is 0.451. The molecule has 0 bridgehead atoms. The molecule has 33 heavy (non-hydrogen) atoms. The number of nitrogens with one attached hydrogen (secondary N) is 2. The summed E-state index contributed by atoms with van der Waals surface area (Å²) in [5.74, 6) is 6.85. The van der Waals surface area contributed by atoms with Gasteiger partial charge in [0.2, 0.25) is 11.1 Å². The monoisotopic (exact) mass is 480 g/mol. The van der Waals surface area contributed by atoms with E-state index in [4.69, 9.17) is 10.6 Å². The maximum Gasteiger partial charge on any atom is 0.264 e. The van der Waals surface area contributed by atoms with Crippen molar-refractivity contribution in [1.29, 1.82) is 0 Å². The molecule has 2 aromatic heterocycles. The maximum atomic E-state index is 12.0. The van der Waals surface area contributed by atoms with Gasteiger partial charge in [-0.25, -0.2) is 15.1 Å². The number of amides is 1. The lowest BCUT2D eigenvalue weighted by Crippen LogP contribution is -2.16. The number of carbonyl (C=O) groups excluding carboxylic acids is 1. The smallest absolute Gasteiger partial charge is 0.264 e. The Morgan fingerprint density at radius 2 is 2.00 bits per heavy atom. The third-order valence-corrected chi connectivity index (χ3v) is 5.83. The Hall–Kier alpha value is -3.90. The molecule has 0 saturated heterocycles. The van der Waals surface area contributed by atoms with Gasteiger partial charge < -0.3 is 15.9 Å². The van der Waals surface area contributed by atoms with Crippen molar-refractivity contribution >= 4 is 46.3 Å². The standard InChI is InChI=1S/C21H20N8O2S2/c22-29-19(27-28-21(29)33-14-18(30)25-20-23-10-11-32-20)26-24-12-16-8-4-5-9-17(16)31-13-15-6-2-1-3-7-15/h1-12H,13-14,22H2,(H,26,27)(H,23,25,30)/b24-12+. The van der Waals surface area contributed by atoms with Crippen molar-refractivity contribution in [2.24, 2.45) is 5.10 Å². The molecule has 0 aliphatic rings. The molecule has 0 aliphatic heterocycles. The zero-order chi connectivity index (χ0) is 22.9. The maximum absolute atomic E-state index is 12.0. The third kappa shape index (κ3) is 6.30. The molecule has 2 heterocycles. The number of carbonyl (C=O) groups is 1. The summed E-state index contributed by atoms with van der Waals surface area (Å²) in [6.07, 6.45) is 3.24. The highest BCUT2D eigenvalue weighted by atomic mass is 32.2. The first-order valence-electron chi connectivity index (χ1n) is 9.76. The van der Waals surface area contributed by atoms with Crippen molar-refractivity contribution in [3.8, 4) is 5.75 Å². The first kappa shape index (κ1) is 22.3. The highest BCUT2D eigenvalue weighted by molar-refractivity contribution is 7.99. The Bertz CT molecular complexity index is 1210. The molecular formula is C21H20N8O2S2. The summed E-state index contributed by atoms with van der Waals surface area (Å²) in [4.78, 5) is 16.0. The molecule has 1 amide bonds. The minimum Gasteiger partial charge on any atom is -0.488 e. The fourth-order valence-electron chi connectivity index (χ4n) is 2.64. The average molecular weight is 481 g/mol. The number of hydrazone groups is 1. The summed E-state index contributed by atoms with van der Waals surface area (Å²) in [5.41, 5.74) is 4.63. The van der Waals surface area contributed by atoms with Crippen molar-refractivity contribution in [1.82, 2.24) is 19.9 Å². The lowest BCUT2D eigenvalue weighted by Gasteiger charge is -2.09. The van der Waals surface area contributed by atoms with Crippen LogP contribution in [0.4, 0.5) is 11.1 Å². The molecule has 0 unspecified atom stereocenters. The van der Waals surface area contributed by atoms with E-state index in [2.05, 4.69) is 31.0 Å². The van der Waals surface area contributed by atoms with Gasteiger partial charge in [0.1, 0.15) is 12.4 Å². The van der Waals surface area contributed by atoms with Crippen LogP contribution in [0.3, 0.4) is 0 Å². The molecule has 0 fully saturated rings. The van der Waals surface area contributed by atoms with Gasteiger partial charge >= 0.3 is 0 Å². The number of thioether (sulfide) groups is 1. The Morgan fingerprint density at radius 1 is 1.18 bits per heavy atom. The number of benzene rings is 2. The molecule has 0 radical (unpaired) electrons. The molecule has 4 N–H and O–H groups in total. The van der Waals surface area contributed by atoms with Crippen LogP contribution in [-0.4, -0.2) is 37.7 Å². The van der Waals surface area contributed by atoms with Gasteiger partial charge in [-0.2, -0.15) is 5.10 Å². The Kier molecular flexibility index (Phi) is 7.51. The lowest BCUT2D eigenvalue weighted by molar-refractivity contribution is -0.113. The van der Waals surface area contributed by atoms with Gasteiger partial charge in [-0.3, -0.25) is 4.79 Å². The molecule has 12 heteroatoms. The van der Waals surface area contributed by atoms with Crippen molar-refractivity contribution in [3.05, 3.63) is 77.3 Å². The van der Waals surface area contributed by atoms with E-state index in [1.165, 1.54) is 16.0 Å². The number of nitrogen functional groups attached to an aromatic ring is 1. The largest absolute Gasteiger partial charge is 0.488 e. The van der Waals surface area contributed by atoms with Crippen molar-refractivity contribution in [2.45, 2.75) is 11.8 Å². The third-order valence-electron chi connectivity index (χ3n) is 4.20. The highest BCUT2D eigenvalue weighted by Crippen LogP contribution is 2.19. The van der Waals surface area contributed by atoms with Crippen LogP contribution < -0.4 is 21.3 Å². The average Bonchev–Trinajstić information content (AvgIpc) is 3.47. The number of aromatic nitrogens is 4. The van der Waals surface area contributed by atoms with Crippen LogP contribution >= 0.6 is 23.1 Å². The van der Waals surface area contributed by atoms with Crippen LogP contribution in [-0.2, 0) is 11.4 Å². The van der Waals surface area contributed by atoms with Crippen LogP contribution in [0.5, 0.6) is 5.75 Å². The quantitative estimate of drug-likeness (QED) is 0.136. The second-order valence-electron chi connectivity index (χ2n) is 6.53. The first-order chi connectivity index (χ1) is 16.2. The molecule has 10 nitrogen and oxygen atoms in total. The molecule has 4 aromatic rings. The fraction of sp³-hybridized carbons (Fsp3) is 0.0952. The van der Waals surface area contributed by atoms with E-state index in [9.17, 15) is 4.79 Å². The minimum absolute atomic E-state index is 0.115. The van der Waals surface area contributed by atoms with Crippen molar-refractivity contribution in [3.63, 3.8) is 0 Å². The Labute approximate surface area is 197 Å². The van der Waals surface area contributed by atoms with E-state index in [0.717, 1.165) is 22.9 Å². The van der Waals surface area contributed by atoms with E-state index < -0.39 is 0 Å². The summed E-state index contributed by atoms with van der Waals surface area (Å²) >= 11 is 2.50. The molecular weight excluding hydrogens is 460 g/mol. The summed E-state index contributed by atoms with van der Waals surface area (Å²) < 4.78 is 7.16. The van der Waals surface area contributed by atoms with E-state index in [0.29, 0.717) is 22.6 Å². The van der Waals surface area contributed by atoms with Gasteiger partial charge in [0, 0.05) is 17.1 Å². The van der Waals surface area contributed by atoms with Crippen LogP contribution in [0.25, 0.3) is 0 Å². The number of nitrogens with two attached hydrogens (primary N) is 1. The van der Waals surface area contributed by atoms with E-state index in [1.54, 1.807) is 17.8 Å². The second kappa shape index (κ2) is 11.1. The Balaban J connectivity index is 1.31. The summed E-state index contributed by atoms with van der Waals surface area (Å²) in [6, 6.07) is 17.5. The van der Waals surface area contributed by atoms with Gasteiger partial charge in [-0.1, -0.05) is 54.2 Å². The van der Waals surface area contributed by atoms with Gasteiger partial charge in [0.25, 0.3) is 5.95 Å². The summed E-state index contributed by atoms with van der Waals surface area (Å²) in [7, 11) is 0. The fourth-order valence-corrected chi connectivity index (χ4v) is 3.84. The van der Waals surface area contributed by atoms with E-state index >= 15 is 0 Å². The van der Waals surface area contributed by atoms with Crippen LogP contribution in [0.1, 0.15) is 11.1 Å². The van der Waals surface area contributed by atoms with Gasteiger partial charge in [0.05, 0.1) is 12.0 Å². The topological polar surface area (TPSA) is 132 Å². The predicted octanol–water partition coefficient (Wildman–Crippen LogP) is 3.20. The van der Waals surface area contributed by atoms with Crippen molar-refractivity contribution < 1.29 is 9.53 Å². The molecule has 0 saturated carbocycles. The number of para-hydroxylation sites is 1. The molecule has 2 aromatic carbocycles. The van der Waals surface area contributed by atoms with Gasteiger partial charge in [0.15, 0.2) is 5.13 Å². The second-order valence-corrected chi connectivity index (χ2v) is 8.37. The SMILES string of the molecule is Nn1c(N/N=C/c2ccccc2OCc2ccccc2)nnc1SCC(=O)Nc1nccs1. The molecule has 0 aliphatic carbocycles. The minimum atomic E-state index is -0.211. The van der Waals surface area contributed by atoms with Gasteiger partial charge in [-0.05, 0) is 17.7 Å². The number of ether oxygens (including phenoxy) is 1. The molecule has 0 atom stereocenters. The van der Waals surface area contributed by atoms with Crippen LogP contribution in [0.15, 0.2) is 76.4 Å². The van der Waals surface area contributed by atoms with Crippen LogP contribution in [0.2, 0.25) is 0 Å². The molecule has 168 valence electrons. The number of hydrogen-bond donors (Lipinski definition) is 3. The number of hydrogen-bond acceptors (Lipinski definition) is 10. The lowest BCUT2D eigenvalue weighted by atomic mass is 10.2. The normalized spacial score (nSPS) is 10.9. The predicted molar refractivity (Wildman–Crippen MR) is 130 cm³/mol. The zero-order valence-electron chi connectivity index (χ0n) is 17.3. The number of nitrogens with zero attached hydrogens (tertiary/aromatic N) is 5. The number of rotatable bonds is 10. The van der Waals surface area contributed by atoms with E-state index in [1.807, 2.05) is 54.6 Å². The number of thiazole rings is 1. The van der Waals surface area contributed by atoms with Gasteiger partial charge in [-0.15, -0.1) is 21.5 Å². The van der Waals surface area contributed by atoms with Crippen molar-refractivity contribution in [2.75, 3.05) is 22.3 Å². The Morgan fingerprint density at radius 3 is 2.82 bits per heavy atom. The molecule has 4 rings (SSSR count). The molecule has 0 spiro atoms. The van der Waals surface area contributed by atoms with E-state index in [-0.39, 0.29) is 17.6 Å².